The van der Waals surface area contributed by atoms with Crippen LogP contribution in [-0.2, 0) is 19.4 Å². The SMILES string of the molecule is CS(=O)(=O)C1(C(=O)O)CC(NC(=O)OCC2c3ccccc3-c3ccccc32)C1. The van der Waals surface area contributed by atoms with Crippen LogP contribution in [0.4, 0.5) is 4.79 Å². The molecule has 2 aromatic rings. The first-order valence-electron chi connectivity index (χ1n) is 9.27. The molecule has 2 aliphatic carbocycles. The van der Waals surface area contributed by atoms with E-state index in [4.69, 9.17) is 4.74 Å². The van der Waals surface area contributed by atoms with Crippen LogP contribution in [0.2, 0.25) is 0 Å². The fourth-order valence-corrected chi connectivity index (χ4v) is 5.61. The average Bonchev–Trinajstić information content (AvgIpc) is 2.95. The maximum absolute atomic E-state index is 12.2. The number of carboxylic acid groups (broad SMARTS) is 1. The van der Waals surface area contributed by atoms with Gasteiger partial charge in [0.05, 0.1) is 0 Å². The zero-order valence-electron chi connectivity index (χ0n) is 15.8. The Hall–Kier alpha value is -2.87. The molecule has 0 atom stereocenters. The predicted molar refractivity (Wildman–Crippen MR) is 106 cm³/mol. The fourth-order valence-electron chi connectivity index (χ4n) is 4.28. The number of rotatable bonds is 5. The van der Waals surface area contributed by atoms with Crippen molar-refractivity contribution in [3.8, 4) is 11.1 Å². The number of hydrogen-bond acceptors (Lipinski definition) is 5. The van der Waals surface area contributed by atoms with Gasteiger partial charge in [-0.2, -0.15) is 0 Å². The van der Waals surface area contributed by atoms with Gasteiger partial charge in [0.15, 0.2) is 14.6 Å². The molecule has 0 radical (unpaired) electrons. The molecule has 0 saturated heterocycles. The normalized spacial score (nSPS) is 22.9. The molecule has 4 rings (SSSR count). The van der Waals surface area contributed by atoms with Gasteiger partial charge in [0, 0.05) is 18.2 Å². The highest BCUT2D eigenvalue weighted by Gasteiger charge is 2.58. The molecule has 0 unspecified atom stereocenters. The summed E-state index contributed by atoms with van der Waals surface area (Å²) in [5, 5.41) is 11.9. The number of carbonyl (C=O) groups excluding carboxylic acids is 1. The Morgan fingerprint density at radius 1 is 1.07 bits per heavy atom. The number of carbonyl (C=O) groups is 2. The zero-order chi connectivity index (χ0) is 20.8. The van der Waals surface area contributed by atoms with Crippen LogP contribution in [0.25, 0.3) is 11.1 Å². The molecular formula is C21H21NO6S. The van der Waals surface area contributed by atoms with E-state index in [1.54, 1.807) is 0 Å². The summed E-state index contributed by atoms with van der Waals surface area (Å²) in [6, 6.07) is 15.4. The van der Waals surface area contributed by atoms with Gasteiger partial charge in [-0.1, -0.05) is 48.5 Å². The minimum absolute atomic E-state index is 0.0799. The van der Waals surface area contributed by atoms with Gasteiger partial charge in [0.25, 0.3) is 0 Å². The Balaban J connectivity index is 1.40. The van der Waals surface area contributed by atoms with Gasteiger partial charge in [-0.3, -0.25) is 4.79 Å². The number of carboxylic acids is 1. The minimum atomic E-state index is -3.78. The second kappa shape index (κ2) is 6.88. The van der Waals surface area contributed by atoms with E-state index in [2.05, 4.69) is 5.32 Å². The summed E-state index contributed by atoms with van der Waals surface area (Å²) in [5.41, 5.74) is 4.42. The number of amides is 1. The second-order valence-corrected chi connectivity index (χ2v) is 9.97. The van der Waals surface area contributed by atoms with Gasteiger partial charge in [0.1, 0.15) is 6.61 Å². The molecule has 2 aliphatic rings. The molecule has 2 N–H and O–H groups in total. The summed E-state index contributed by atoms with van der Waals surface area (Å²) < 4.78 is 27.2. The first-order chi connectivity index (χ1) is 13.7. The maximum atomic E-state index is 12.2. The van der Waals surface area contributed by atoms with Crippen molar-refractivity contribution >= 4 is 21.9 Å². The molecule has 0 spiro atoms. The Morgan fingerprint density at radius 2 is 1.59 bits per heavy atom. The van der Waals surface area contributed by atoms with Crippen LogP contribution in [-0.4, -0.2) is 49.2 Å². The number of fused-ring (bicyclic) bond motifs is 3. The third kappa shape index (κ3) is 3.17. The summed E-state index contributed by atoms with van der Waals surface area (Å²) >= 11 is 0. The Labute approximate surface area is 168 Å². The number of sulfone groups is 1. The molecule has 1 fully saturated rings. The van der Waals surface area contributed by atoms with Crippen LogP contribution >= 0.6 is 0 Å². The highest BCUT2D eigenvalue weighted by molar-refractivity contribution is 7.93. The van der Waals surface area contributed by atoms with E-state index in [0.717, 1.165) is 28.5 Å². The molecule has 0 aliphatic heterocycles. The molecular weight excluding hydrogens is 394 g/mol. The van der Waals surface area contributed by atoms with E-state index in [-0.39, 0.29) is 25.4 Å². The second-order valence-electron chi connectivity index (χ2n) is 7.65. The van der Waals surface area contributed by atoms with Gasteiger partial charge < -0.3 is 15.2 Å². The van der Waals surface area contributed by atoms with Crippen LogP contribution in [0.3, 0.4) is 0 Å². The van der Waals surface area contributed by atoms with Crippen LogP contribution in [0, 0.1) is 0 Å². The lowest BCUT2D eigenvalue weighted by molar-refractivity contribution is -0.143. The smallest absolute Gasteiger partial charge is 0.407 e. The van der Waals surface area contributed by atoms with Gasteiger partial charge in [-0.15, -0.1) is 0 Å². The van der Waals surface area contributed by atoms with Gasteiger partial charge >= 0.3 is 12.1 Å². The summed E-state index contributed by atoms with van der Waals surface area (Å²) in [4.78, 5) is 23.6. The standard InChI is InChI=1S/C21H21NO6S/c1-29(26,27)21(19(23)24)10-13(11-21)22-20(25)28-12-18-16-8-4-2-6-14(16)15-7-3-5-9-17(15)18/h2-9,13,18H,10-12H2,1H3,(H,22,25)(H,23,24). The lowest BCUT2D eigenvalue weighted by atomic mass is 9.79. The first-order valence-corrected chi connectivity index (χ1v) is 11.2. The Morgan fingerprint density at radius 3 is 2.07 bits per heavy atom. The molecule has 1 saturated carbocycles. The van der Waals surface area contributed by atoms with Gasteiger partial charge in [-0.05, 0) is 35.1 Å². The minimum Gasteiger partial charge on any atom is -0.480 e. The molecule has 0 aromatic heterocycles. The molecule has 8 heteroatoms. The number of ether oxygens (including phenoxy) is 1. The van der Waals surface area contributed by atoms with Crippen molar-refractivity contribution in [1.29, 1.82) is 0 Å². The van der Waals surface area contributed by atoms with E-state index in [0.29, 0.717) is 0 Å². The van der Waals surface area contributed by atoms with Crippen molar-refractivity contribution in [3.05, 3.63) is 59.7 Å². The molecule has 7 nitrogen and oxygen atoms in total. The third-order valence-corrected chi connectivity index (χ3v) is 7.84. The highest BCUT2D eigenvalue weighted by Crippen LogP contribution is 2.44. The van der Waals surface area contributed by atoms with Crippen molar-refractivity contribution in [2.75, 3.05) is 12.9 Å². The van der Waals surface area contributed by atoms with Gasteiger partial charge in [0.2, 0.25) is 0 Å². The topological polar surface area (TPSA) is 110 Å². The Bertz CT molecular complexity index is 1040. The predicted octanol–water partition coefficient (Wildman–Crippen LogP) is 2.56. The maximum Gasteiger partial charge on any atom is 0.407 e. The first kappa shape index (κ1) is 19.4. The zero-order valence-corrected chi connectivity index (χ0v) is 16.6. The number of hydrogen-bond donors (Lipinski definition) is 2. The lowest BCUT2D eigenvalue weighted by Gasteiger charge is -2.42. The molecule has 0 heterocycles. The van der Waals surface area contributed by atoms with Crippen LogP contribution in [0.1, 0.15) is 29.9 Å². The van der Waals surface area contributed by atoms with Gasteiger partial charge in [-0.25, -0.2) is 13.2 Å². The summed E-state index contributed by atoms with van der Waals surface area (Å²) in [6.45, 7) is 0.142. The third-order valence-electron chi connectivity index (χ3n) is 5.92. The summed E-state index contributed by atoms with van der Waals surface area (Å²) in [5.74, 6) is -1.46. The van der Waals surface area contributed by atoms with Crippen molar-refractivity contribution in [2.45, 2.75) is 29.5 Å². The largest absolute Gasteiger partial charge is 0.480 e. The highest BCUT2D eigenvalue weighted by atomic mass is 32.2. The monoisotopic (exact) mass is 415 g/mol. The molecule has 152 valence electrons. The molecule has 2 aromatic carbocycles. The van der Waals surface area contributed by atoms with E-state index in [9.17, 15) is 23.1 Å². The number of alkyl carbamates (subject to hydrolysis) is 1. The van der Waals surface area contributed by atoms with E-state index >= 15 is 0 Å². The summed E-state index contributed by atoms with van der Waals surface area (Å²) in [7, 11) is -3.78. The van der Waals surface area contributed by atoms with Crippen LogP contribution in [0.5, 0.6) is 0 Å². The number of nitrogens with one attached hydrogen (secondary N) is 1. The van der Waals surface area contributed by atoms with Crippen molar-refractivity contribution in [3.63, 3.8) is 0 Å². The van der Waals surface area contributed by atoms with Crippen molar-refractivity contribution in [1.82, 2.24) is 5.32 Å². The molecule has 1 amide bonds. The summed E-state index contributed by atoms with van der Waals surface area (Å²) in [6.07, 6.45) is -0.0918. The number of benzene rings is 2. The average molecular weight is 415 g/mol. The molecule has 0 bridgehead atoms. The van der Waals surface area contributed by atoms with E-state index in [1.165, 1.54) is 0 Å². The van der Waals surface area contributed by atoms with Crippen molar-refractivity contribution < 1.29 is 27.9 Å². The van der Waals surface area contributed by atoms with E-state index in [1.807, 2.05) is 48.5 Å². The molecule has 29 heavy (non-hydrogen) atoms. The number of aliphatic carboxylic acids is 1. The van der Waals surface area contributed by atoms with Crippen LogP contribution < -0.4 is 5.32 Å². The fraction of sp³-hybridized carbons (Fsp3) is 0.333. The van der Waals surface area contributed by atoms with Crippen molar-refractivity contribution in [2.24, 2.45) is 0 Å². The lowest BCUT2D eigenvalue weighted by Crippen LogP contribution is -2.62. The Kier molecular flexibility index (Phi) is 4.61. The quantitative estimate of drug-likeness (QED) is 0.777. The van der Waals surface area contributed by atoms with Crippen LogP contribution in [0.15, 0.2) is 48.5 Å². The van der Waals surface area contributed by atoms with E-state index < -0.39 is 32.7 Å².